The van der Waals surface area contributed by atoms with Crippen LogP contribution in [-0.4, -0.2) is 29.3 Å². The van der Waals surface area contributed by atoms with Gasteiger partial charge >= 0.3 is 6.09 Å². The van der Waals surface area contributed by atoms with Crippen molar-refractivity contribution in [3.8, 4) is 0 Å². The van der Waals surface area contributed by atoms with Crippen LogP contribution in [0, 0.1) is 0 Å². The lowest BCUT2D eigenvalue weighted by Crippen LogP contribution is -2.47. The van der Waals surface area contributed by atoms with E-state index in [4.69, 9.17) is 5.11 Å². The molecule has 1 amide bonds. The van der Waals surface area contributed by atoms with Gasteiger partial charge in [0.05, 0.1) is 0 Å². The smallest absolute Gasteiger partial charge is 0.404 e. The Kier molecular flexibility index (Phi) is 1.92. The second-order valence-corrected chi connectivity index (χ2v) is 3.76. The van der Waals surface area contributed by atoms with Gasteiger partial charge in [-0.25, -0.2) is 4.79 Å². The van der Waals surface area contributed by atoms with Gasteiger partial charge in [0.15, 0.2) is 0 Å². The summed E-state index contributed by atoms with van der Waals surface area (Å²) in [6.07, 6.45) is 3.46. The highest BCUT2D eigenvalue weighted by atomic mass is 16.4. The van der Waals surface area contributed by atoms with Crippen LogP contribution in [0.25, 0.3) is 0 Å². The van der Waals surface area contributed by atoms with Gasteiger partial charge in [0, 0.05) is 18.1 Å². The first kappa shape index (κ1) is 7.86. The molecule has 3 N–H and O–H groups in total. The molecule has 2 saturated heterocycles. The van der Waals surface area contributed by atoms with Gasteiger partial charge < -0.3 is 15.7 Å². The van der Waals surface area contributed by atoms with Gasteiger partial charge in [-0.3, -0.25) is 0 Å². The summed E-state index contributed by atoms with van der Waals surface area (Å²) in [5.74, 6) is 0. The summed E-state index contributed by atoms with van der Waals surface area (Å²) < 4.78 is 0. The Morgan fingerprint density at radius 3 is 2.42 bits per heavy atom. The minimum Gasteiger partial charge on any atom is -0.465 e. The van der Waals surface area contributed by atoms with Crippen molar-refractivity contribution < 1.29 is 9.90 Å². The quantitative estimate of drug-likeness (QED) is 0.538. The van der Waals surface area contributed by atoms with E-state index in [9.17, 15) is 4.79 Å². The van der Waals surface area contributed by atoms with Crippen LogP contribution in [0.1, 0.15) is 25.7 Å². The lowest BCUT2D eigenvalue weighted by molar-refractivity contribution is 0.183. The predicted molar refractivity (Wildman–Crippen MR) is 44.1 cm³/mol. The minimum atomic E-state index is -0.888. The molecular formula is C8H14N2O2. The van der Waals surface area contributed by atoms with E-state index in [1.807, 2.05) is 0 Å². The van der Waals surface area contributed by atoms with Crippen LogP contribution < -0.4 is 10.6 Å². The van der Waals surface area contributed by atoms with Crippen molar-refractivity contribution in [3.05, 3.63) is 0 Å². The van der Waals surface area contributed by atoms with E-state index in [0.29, 0.717) is 12.1 Å². The third kappa shape index (κ3) is 1.53. The van der Waals surface area contributed by atoms with Crippen molar-refractivity contribution >= 4 is 6.09 Å². The molecule has 0 aliphatic carbocycles. The molecule has 2 heterocycles. The number of nitrogens with one attached hydrogen (secondary N) is 2. The molecular weight excluding hydrogens is 156 g/mol. The van der Waals surface area contributed by atoms with E-state index >= 15 is 0 Å². The number of piperidine rings is 1. The molecule has 4 nitrogen and oxygen atoms in total. The van der Waals surface area contributed by atoms with Crippen molar-refractivity contribution in [2.45, 2.75) is 43.8 Å². The summed E-state index contributed by atoms with van der Waals surface area (Å²) in [5.41, 5.74) is 0. The average molecular weight is 170 g/mol. The summed E-state index contributed by atoms with van der Waals surface area (Å²) in [5, 5.41) is 14.5. The number of fused-ring (bicyclic) bond motifs is 2. The van der Waals surface area contributed by atoms with Crippen molar-refractivity contribution in [1.82, 2.24) is 10.6 Å². The molecule has 2 bridgehead atoms. The first-order valence-electron chi connectivity index (χ1n) is 4.49. The van der Waals surface area contributed by atoms with Crippen LogP contribution in [-0.2, 0) is 0 Å². The van der Waals surface area contributed by atoms with Gasteiger partial charge in [-0.05, 0) is 25.7 Å². The molecule has 0 radical (unpaired) electrons. The molecule has 68 valence electrons. The van der Waals surface area contributed by atoms with Gasteiger partial charge in [0.2, 0.25) is 0 Å². The van der Waals surface area contributed by atoms with Crippen LogP contribution >= 0.6 is 0 Å². The van der Waals surface area contributed by atoms with Gasteiger partial charge in [-0.15, -0.1) is 0 Å². The fourth-order valence-corrected chi connectivity index (χ4v) is 2.35. The molecule has 2 fully saturated rings. The predicted octanol–water partition coefficient (Wildman–Crippen LogP) is 0.537. The summed E-state index contributed by atoms with van der Waals surface area (Å²) >= 11 is 0. The van der Waals surface area contributed by atoms with Crippen LogP contribution in [0.5, 0.6) is 0 Å². The third-order valence-electron chi connectivity index (χ3n) is 2.80. The first-order chi connectivity index (χ1) is 5.74. The molecule has 0 aromatic carbocycles. The highest BCUT2D eigenvalue weighted by Gasteiger charge is 2.33. The topological polar surface area (TPSA) is 61.4 Å². The number of hydrogen-bond donors (Lipinski definition) is 3. The maximum Gasteiger partial charge on any atom is 0.404 e. The van der Waals surface area contributed by atoms with Crippen LogP contribution in [0.2, 0.25) is 0 Å². The van der Waals surface area contributed by atoms with Crippen LogP contribution in [0.3, 0.4) is 0 Å². The maximum atomic E-state index is 10.4. The average Bonchev–Trinajstić information content (AvgIpc) is 2.29. The Hall–Kier alpha value is -0.770. The maximum absolute atomic E-state index is 10.4. The summed E-state index contributed by atoms with van der Waals surface area (Å²) in [6.45, 7) is 0. The van der Waals surface area contributed by atoms with E-state index in [1.54, 1.807) is 0 Å². The number of amides is 1. The van der Waals surface area contributed by atoms with E-state index in [1.165, 1.54) is 12.8 Å². The molecule has 12 heavy (non-hydrogen) atoms. The summed E-state index contributed by atoms with van der Waals surface area (Å²) in [7, 11) is 0. The largest absolute Gasteiger partial charge is 0.465 e. The normalized spacial score (nSPS) is 39.5. The van der Waals surface area contributed by atoms with E-state index in [0.717, 1.165) is 12.8 Å². The monoisotopic (exact) mass is 170 g/mol. The number of carbonyl (C=O) groups is 1. The zero-order chi connectivity index (χ0) is 8.55. The van der Waals surface area contributed by atoms with Gasteiger partial charge in [0.1, 0.15) is 0 Å². The molecule has 0 aromatic heterocycles. The van der Waals surface area contributed by atoms with Gasteiger partial charge in [-0.2, -0.15) is 0 Å². The summed E-state index contributed by atoms with van der Waals surface area (Å²) in [4.78, 5) is 10.4. The van der Waals surface area contributed by atoms with E-state index in [-0.39, 0.29) is 6.04 Å². The molecule has 2 rings (SSSR count). The van der Waals surface area contributed by atoms with Crippen LogP contribution in [0.4, 0.5) is 4.79 Å². The Bertz CT molecular complexity index is 183. The highest BCUT2D eigenvalue weighted by molar-refractivity contribution is 5.64. The number of carboxylic acid groups (broad SMARTS) is 1. The van der Waals surface area contributed by atoms with E-state index < -0.39 is 6.09 Å². The molecule has 2 aliphatic heterocycles. The molecule has 0 saturated carbocycles. The van der Waals surface area contributed by atoms with Crippen molar-refractivity contribution in [1.29, 1.82) is 0 Å². The molecule has 0 spiro atoms. The Balaban J connectivity index is 1.89. The van der Waals surface area contributed by atoms with Gasteiger partial charge in [-0.1, -0.05) is 0 Å². The minimum absolute atomic E-state index is 0.182. The fourth-order valence-electron chi connectivity index (χ4n) is 2.35. The number of hydrogen-bond acceptors (Lipinski definition) is 2. The first-order valence-corrected chi connectivity index (χ1v) is 4.49. The molecule has 3 atom stereocenters. The van der Waals surface area contributed by atoms with Gasteiger partial charge in [0.25, 0.3) is 0 Å². The third-order valence-corrected chi connectivity index (χ3v) is 2.80. The SMILES string of the molecule is O=C(O)N[C@@H]1C[C@H]2CC[C@@H](C1)N2. The lowest BCUT2D eigenvalue weighted by atomic mass is 10.0. The van der Waals surface area contributed by atoms with Crippen molar-refractivity contribution in [3.63, 3.8) is 0 Å². The zero-order valence-corrected chi connectivity index (χ0v) is 6.92. The molecule has 2 aliphatic rings. The second kappa shape index (κ2) is 2.94. The van der Waals surface area contributed by atoms with E-state index in [2.05, 4.69) is 10.6 Å². The molecule has 0 unspecified atom stereocenters. The summed E-state index contributed by atoms with van der Waals surface area (Å²) in [6, 6.07) is 1.29. The van der Waals surface area contributed by atoms with Crippen molar-refractivity contribution in [2.75, 3.05) is 0 Å². The van der Waals surface area contributed by atoms with Crippen molar-refractivity contribution in [2.24, 2.45) is 0 Å². The Morgan fingerprint density at radius 1 is 1.33 bits per heavy atom. The Morgan fingerprint density at radius 2 is 1.92 bits per heavy atom. The highest BCUT2D eigenvalue weighted by Crippen LogP contribution is 2.26. The Labute approximate surface area is 71.3 Å². The molecule has 4 heteroatoms. The fraction of sp³-hybridized carbons (Fsp3) is 0.875. The zero-order valence-electron chi connectivity index (χ0n) is 6.92. The standard InChI is InChI=1S/C8H14N2O2/c11-8(12)10-7-3-5-1-2-6(4-7)9-5/h5-7,9-10H,1-4H2,(H,11,12)/t5-,6+,7-. The number of rotatable bonds is 1. The molecule has 0 aromatic rings. The lowest BCUT2D eigenvalue weighted by Gasteiger charge is -2.28. The van der Waals surface area contributed by atoms with Crippen LogP contribution in [0.15, 0.2) is 0 Å². The second-order valence-electron chi connectivity index (χ2n) is 3.76.